The number of methoxy groups -OCH3 is 1. The van der Waals surface area contributed by atoms with Gasteiger partial charge in [0.05, 0.1) is 12.0 Å². The molecular weight excluding hydrogens is 204 g/mol. The number of nitro groups is 1. The number of ether oxygens (including phenoxy) is 1. The van der Waals surface area contributed by atoms with E-state index in [2.05, 4.69) is 5.32 Å². The van der Waals surface area contributed by atoms with Crippen LogP contribution in [-0.4, -0.2) is 17.2 Å². The third-order valence-corrected chi connectivity index (χ3v) is 1.78. The molecule has 1 N–H and O–H groups in total. The van der Waals surface area contributed by atoms with Crippen molar-refractivity contribution < 1.29 is 9.66 Å². The summed E-state index contributed by atoms with van der Waals surface area (Å²) in [5.74, 6) is 0. The number of hydrogen-bond acceptors (Lipinski definition) is 4. The smallest absolute Gasteiger partial charge is 0.269 e. The number of nitrogens with one attached hydrogen (secondary N) is 1. The van der Waals surface area contributed by atoms with Gasteiger partial charge in [0, 0.05) is 17.8 Å². The molecule has 0 fully saturated rings. The second kappa shape index (κ2) is 4.52. The first-order chi connectivity index (χ1) is 6.63. The SMILES string of the molecule is COC(=S)Nc1ccc([N+](=O)[O-])cc1. The van der Waals surface area contributed by atoms with Gasteiger partial charge in [-0.3, -0.25) is 10.1 Å². The Morgan fingerprint density at radius 3 is 2.50 bits per heavy atom. The molecular formula is C8H8N2O3S. The van der Waals surface area contributed by atoms with E-state index in [9.17, 15) is 10.1 Å². The van der Waals surface area contributed by atoms with E-state index in [0.717, 1.165) is 0 Å². The Morgan fingerprint density at radius 2 is 2.07 bits per heavy atom. The van der Waals surface area contributed by atoms with Crippen molar-refractivity contribution in [3.05, 3.63) is 34.4 Å². The van der Waals surface area contributed by atoms with Gasteiger partial charge in [0.25, 0.3) is 10.9 Å². The Labute approximate surface area is 85.8 Å². The molecule has 6 heteroatoms. The van der Waals surface area contributed by atoms with Crippen LogP contribution in [0.3, 0.4) is 0 Å². The van der Waals surface area contributed by atoms with E-state index >= 15 is 0 Å². The van der Waals surface area contributed by atoms with Gasteiger partial charge in [-0.15, -0.1) is 0 Å². The van der Waals surface area contributed by atoms with Gasteiger partial charge in [-0.1, -0.05) is 0 Å². The van der Waals surface area contributed by atoms with Crippen molar-refractivity contribution in [2.45, 2.75) is 0 Å². The lowest BCUT2D eigenvalue weighted by Crippen LogP contribution is -2.10. The molecule has 14 heavy (non-hydrogen) atoms. The quantitative estimate of drug-likeness (QED) is 0.461. The number of benzene rings is 1. The summed E-state index contributed by atoms with van der Waals surface area (Å²) in [5.41, 5.74) is 0.696. The fraction of sp³-hybridized carbons (Fsp3) is 0.125. The molecule has 0 amide bonds. The number of thiocarbonyl (C=S) groups is 1. The van der Waals surface area contributed by atoms with Crippen LogP contribution in [0.2, 0.25) is 0 Å². The van der Waals surface area contributed by atoms with Gasteiger partial charge in [0.2, 0.25) is 0 Å². The summed E-state index contributed by atoms with van der Waals surface area (Å²) in [6.07, 6.45) is 0. The Hall–Kier alpha value is -1.69. The summed E-state index contributed by atoms with van der Waals surface area (Å²) >= 11 is 4.75. The van der Waals surface area contributed by atoms with Crippen molar-refractivity contribution in [3.63, 3.8) is 0 Å². The largest absolute Gasteiger partial charge is 0.474 e. The summed E-state index contributed by atoms with van der Waals surface area (Å²) in [7, 11) is 1.45. The van der Waals surface area contributed by atoms with Crippen LogP contribution in [0.15, 0.2) is 24.3 Å². The van der Waals surface area contributed by atoms with E-state index in [1.807, 2.05) is 0 Å². The number of rotatable bonds is 2. The highest BCUT2D eigenvalue weighted by Crippen LogP contribution is 2.15. The summed E-state index contributed by atoms with van der Waals surface area (Å²) in [6.45, 7) is 0. The normalized spacial score (nSPS) is 9.21. The Morgan fingerprint density at radius 1 is 1.50 bits per heavy atom. The van der Waals surface area contributed by atoms with Crippen LogP contribution in [-0.2, 0) is 4.74 Å². The molecule has 0 atom stereocenters. The molecule has 0 saturated heterocycles. The predicted octanol–water partition coefficient (Wildman–Crippen LogP) is 1.94. The van der Waals surface area contributed by atoms with Crippen LogP contribution in [0.1, 0.15) is 0 Å². The van der Waals surface area contributed by atoms with Crippen molar-refractivity contribution >= 4 is 28.8 Å². The average molecular weight is 212 g/mol. The standard InChI is InChI=1S/C8H8N2O3S/c1-13-8(14)9-6-2-4-7(5-3-6)10(11)12/h2-5H,1H3,(H,9,14). The third-order valence-electron chi connectivity index (χ3n) is 1.51. The molecule has 0 aliphatic rings. The number of nitro benzene ring substituents is 1. The molecule has 1 aromatic rings. The maximum Gasteiger partial charge on any atom is 0.269 e. The monoisotopic (exact) mass is 212 g/mol. The first-order valence-electron chi connectivity index (χ1n) is 3.73. The molecule has 0 aliphatic carbocycles. The van der Waals surface area contributed by atoms with Gasteiger partial charge in [-0.2, -0.15) is 0 Å². The van der Waals surface area contributed by atoms with E-state index < -0.39 is 4.92 Å². The van der Waals surface area contributed by atoms with Crippen molar-refractivity contribution in [1.82, 2.24) is 0 Å². The van der Waals surface area contributed by atoms with Crippen LogP contribution in [0, 0.1) is 10.1 Å². The topological polar surface area (TPSA) is 64.4 Å². The summed E-state index contributed by atoms with van der Waals surface area (Å²) < 4.78 is 4.72. The van der Waals surface area contributed by atoms with Crippen LogP contribution < -0.4 is 5.32 Å². The van der Waals surface area contributed by atoms with Gasteiger partial charge >= 0.3 is 0 Å². The highest BCUT2D eigenvalue weighted by molar-refractivity contribution is 7.80. The zero-order valence-electron chi connectivity index (χ0n) is 7.39. The Balaban J connectivity index is 2.73. The molecule has 1 aromatic carbocycles. The zero-order chi connectivity index (χ0) is 10.6. The number of nitrogens with zero attached hydrogens (tertiary/aromatic N) is 1. The second-order valence-electron chi connectivity index (χ2n) is 2.42. The van der Waals surface area contributed by atoms with Crippen LogP contribution in [0.4, 0.5) is 11.4 Å². The van der Waals surface area contributed by atoms with Gasteiger partial charge in [-0.25, -0.2) is 0 Å². The molecule has 0 aromatic heterocycles. The Bertz CT molecular complexity index is 350. The van der Waals surface area contributed by atoms with Gasteiger partial charge in [0.15, 0.2) is 0 Å². The lowest BCUT2D eigenvalue weighted by atomic mass is 10.3. The number of anilines is 1. The molecule has 1 rings (SSSR count). The van der Waals surface area contributed by atoms with Crippen molar-refractivity contribution in [2.24, 2.45) is 0 Å². The minimum atomic E-state index is -0.460. The lowest BCUT2D eigenvalue weighted by molar-refractivity contribution is -0.384. The van der Waals surface area contributed by atoms with Crippen LogP contribution in [0.25, 0.3) is 0 Å². The molecule has 0 spiro atoms. The van der Waals surface area contributed by atoms with Gasteiger partial charge in [0.1, 0.15) is 0 Å². The average Bonchev–Trinajstić information content (AvgIpc) is 2.18. The van der Waals surface area contributed by atoms with E-state index in [-0.39, 0.29) is 10.9 Å². The van der Waals surface area contributed by atoms with E-state index in [1.165, 1.54) is 19.2 Å². The summed E-state index contributed by atoms with van der Waals surface area (Å²) in [4.78, 5) is 9.87. The number of hydrogen-bond donors (Lipinski definition) is 1. The summed E-state index contributed by atoms with van der Waals surface area (Å²) in [6, 6.07) is 5.90. The zero-order valence-corrected chi connectivity index (χ0v) is 8.21. The molecule has 5 nitrogen and oxygen atoms in total. The van der Waals surface area contributed by atoms with Gasteiger partial charge in [-0.05, 0) is 24.4 Å². The maximum absolute atomic E-state index is 10.3. The fourth-order valence-electron chi connectivity index (χ4n) is 0.835. The highest BCUT2D eigenvalue weighted by atomic mass is 32.1. The van der Waals surface area contributed by atoms with E-state index in [4.69, 9.17) is 17.0 Å². The van der Waals surface area contributed by atoms with Crippen molar-refractivity contribution in [2.75, 3.05) is 12.4 Å². The third kappa shape index (κ3) is 2.67. The predicted molar refractivity (Wildman–Crippen MR) is 56.3 cm³/mol. The van der Waals surface area contributed by atoms with Crippen LogP contribution in [0.5, 0.6) is 0 Å². The van der Waals surface area contributed by atoms with Crippen LogP contribution >= 0.6 is 12.2 Å². The van der Waals surface area contributed by atoms with E-state index in [1.54, 1.807) is 12.1 Å². The first kappa shape index (κ1) is 10.4. The molecule has 0 radical (unpaired) electrons. The maximum atomic E-state index is 10.3. The fourth-order valence-corrected chi connectivity index (χ4v) is 0.953. The van der Waals surface area contributed by atoms with Crippen molar-refractivity contribution in [1.29, 1.82) is 0 Å². The van der Waals surface area contributed by atoms with E-state index in [0.29, 0.717) is 5.69 Å². The second-order valence-corrected chi connectivity index (χ2v) is 2.79. The summed E-state index contributed by atoms with van der Waals surface area (Å²) in [5, 5.41) is 13.3. The molecule has 0 unspecified atom stereocenters. The molecule has 0 saturated carbocycles. The highest BCUT2D eigenvalue weighted by Gasteiger charge is 2.04. The first-order valence-corrected chi connectivity index (χ1v) is 4.13. The minimum Gasteiger partial charge on any atom is -0.474 e. The van der Waals surface area contributed by atoms with Gasteiger partial charge < -0.3 is 10.1 Å². The molecule has 74 valence electrons. The Kier molecular flexibility index (Phi) is 3.35. The van der Waals surface area contributed by atoms with Crippen molar-refractivity contribution in [3.8, 4) is 0 Å². The minimum absolute atomic E-state index is 0.0406. The molecule has 0 heterocycles. The number of non-ortho nitro benzene ring substituents is 1. The molecule has 0 aliphatic heterocycles. The molecule has 0 bridgehead atoms. The lowest BCUT2D eigenvalue weighted by Gasteiger charge is -2.04.